The van der Waals surface area contributed by atoms with Gasteiger partial charge in [-0.25, -0.2) is 0 Å². The van der Waals surface area contributed by atoms with Gasteiger partial charge in [0.05, 0.1) is 5.56 Å². The van der Waals surface area contributed by atoms with Crippen LogP contribution in [0.1, 0.15) is 10.4 Å². The Morgan fingerprint density at radius 2 is 1.86 bits per heavy atom. The molecule has 1 aromatic heterocycles. The summed E-state index contributed by atoms with van der Waals surface area (Å²) in [5.74, 6) is -0.497. The van der Waals surface area contributed by atoms with Crippen LogP contribution in [0.15, 0.2) is 59.6 Å². The summed E-state index contributed by atoms with van der Waals surface area (Å²) in [6.45, 7) is 0. The summed E-state index contributed by atoms with van der Waals surface area (Å²) in [6.07, 6.45) is 1.58. The number of amides is 1. The minimum Gasteiger partial charge on any atom is -0.505 e. The first-order valence-corrected chi connectivity index (χ1v) is 6.77. The summed E-state index contributed by atoms with van der Waals surface area (Å²) in [4.78, 5) is 17.2. The molecule has 0 spiro atoms. The molecule has 0 radical (unpaired) electrons. The maximum Gasteiger partial charge on any atom is 0.259 e. The number of hydrogen-bond donors (Lipinski definition) is 3. The largest absolute Gasteiger partial charge is 0.505 e. The maximum absolute atomic E-state index is 12.2. The number of nitrogens with zero attached hydrogens (tertiary/aromatic N) is 1. The molecule has 0 bridgehead atoms. The average Bonchev–Trinajstić information content (AvgIpc) is 2.50. The zero-order valence-corrected chi connectivity index (χ0v) is 11.8. The molecule has 1 heterocycles. The van der Waals surface area contributed by atoms with Crippen LogP contribution in [0.5, 0.6) is 5.75 Å². The molecule has 0 unspecified atom stereocenters. The van der Waals surface area contributed by atoms with E-state index in [0.717, 1.165) is 10.3 Å². The number of carbonyl (C=O) groups is 1. The fraction of sp³-hybridized carbons (Fsp3) is 0. The van der Waals surface area contributed by atoms with Crippen LogP contribution in [0.2, 0.25) is 0 Å². The second-order valence-electron chi connectivity index (χ2n) is 4.54. The van der Waals surface area contributed by atoms with Gasteiger partial charge in [0.25, 0.3) is 5.91 Å². The number of benzene rings is 2. The van der Waals surface area contributed by atoms with E-state index in [2.05, 4.69) is 22.9 Å². The van der Waals surface area contributed by atoms with Crippen molar-refractivity contribution in [3.05, 3.63) is 60.3 Å². The average molecular weight is 296 g/mol. The smallest absolute Gasteiger partial charge is 0.259 e. The predicted molar refractivity (Wildman–Crippen MR) is 85.1 cm³/mol. The minimum atomic E-state index is -0.382. The summed E-state index contributed by atoms with van der Waals surface area (Å²) in [5.41, 5.74) is 1.24. The Morgan fingerprint density at radius 1 is 1.10 bits per heavy atom. The Morgan fingerprint density at radius 3 is 2.62 bits per heavy atom. The van der Waals surface area contributed by atoms with Gasteiger partial charge < -0.3 is 10.4 Å². The number of aromatic hydroxyl groups is 1. The number of nitrogens with one attached hydrogen (secondary N) is 1. The Labute approximate surface area is 126 Å². The topological polar surface area (TPSA) is 62.2 Å². The fourth-order valence-electron chi connectivity index (χ4n) is 2.06. The Balaban J connectivity index is 1.94. The maximum atomic E-state index is 12.2. The van der Waals surface area contributed by atoms with Gasteiger partial charge in [-0.15, -0.1) is 12.6 Å². The molecular weight excluding hydrogens is 284 g/mol. The lowest BCUT2D eigenvalue weighted by molar-refractivity contribution is 0.102. The first kappa shape index (κ1) is 13.5. The van der Waals surface area contributed by atoms with Gasteiger partial charge in [0.15, 0.2) is 5.75 Å². The van der Waals surface area contributed by atoms with E-state index >= 15 is 0 Å². The summed E-state index contributed by atoms with van der Waals surface area (Å²) in [7, 11) is 0. The molecule has 2 aromatic carbocycles. The zero-order chi connectivity index (χ0) is 14.8. The Kier molecular flexibility index (Phi) is 3.50. The quantitative estimate of drug-likeness (QED) is 0.634. The Bertz CT molecular complexity index is 816. The number of phenolic OH excluding ortho intramolecular Hbond substituents is 1. The molecule has 0 atom stereocenters. The van der Waals surface area contributed by atoms with Crippen molar-refractivity contribution in [1.82, 2.24) is 4.98 Å². The molecule has 104 valence electrons. The number of phenols is 1. The summed E-state index contributed by atoms with van der Waals surface area (Å²) < 4.78 is 0. The second-order valence-corrected chi connectivity index (χ2v) is 5.05. The molecule has 0 aliphatic carbocycles. The number of anilines is 1. The second kappa shape index (κ2) is 5.46. The molecule has 0 aliphatic heterocycles. The lowest BCUT2D eigenvalue weighted by Crippen LogP contribution is -2.12. The number of hydrogen-bond acceptors (Lipinski definition) is 4. The fourth-order valence-corrected chi connectivity index (χ4v) is 2.21. The van der Waals surface area contributed by atoms with Crippen LogP contribution in [-0.2, 0) is 0 Å². The standard InChI is InChI=1S/C16H12N2O2S/c19-15-13(8-3-10-2-1-9-17-14(10)15)16(20)18-11-4-6-12(21)7-5-11/h1-9,19,21H,(H,18,20). The van der Waals surface area contributed by atoms with E-state index in [9.17, 15) is 9.90 Å². The molecular formula is C16H12N2O2S. The normalized spacial score (nSPS) is 10.5. The number of carbonyl (C=O) groups excluding carboxylic acids is 1. The highest BCUT2D eigenvalue weighted by atomic mass is 32.1. The van der Waals surface area contributed by atoms with Gasteiger partial charge in [0.2, 0.25) is 0 Å². The number of rotatable bonds is 2. The molecule has 0 aliphatic rings. The SMILES string of the molecule is O=C(Nc1ccc(S)cc1)c1ccc2cccnc2c1O. The van der Waals surface area contributed by atoms with Crippen molar-refractivity contribution >= 4 is 35.1 Å². The van der Waals surface area contributed by atoms with Gasteiger partial charge in [0.1, 0.15) is 5.52 Å². The third-order valence-electron chi connectivity index (χ3n) is 3.12. The van der Waals surface area contributed by atoms with Crippen molar-refractivity contribution in [2.75, 3.05) is 5.32 Å². The van der Waals surface area contributed by atoms with E-state index < -0.39 is 0 Å². The van der Waals surface area contributed by atoms with Crippen LogP contribution in [0.3, 0.4) is 0 Å². The van der Waals surface area contributed by atoms with Crippen molar-refractivity contribution in [3.63, 3.8) is 0 Å². The van der Waals surface area contributed by atoms with Crippen molar-refractivity contribution in [1.29, 1.82) is 0 Å². The van der Waals surface area contributed by atoms with E-state index in [1.807, 2.05) is 6.07 Å². The molecule has 21 heavy (non-hydrogen) atoms. The lowest BCUT2D eigenvalue weighted by atomic mass is 10.1. The summed E-state index contributed by atoms with van der Waals surface area (Å²) in [6, 6.07) is 14.0. The molecule has 0 saturated carbocycles. The lowest BCUT2D eigenvalue weighted by Gasteiger charge is -2.08. The number of thiol groups is 1. The monoisotopic (exact) mass is 296 g/mol. The first-order chi connectivity index (χ1) is 10.1. The minimum absolute atomic E-state index is 0.114. The third-order valence-corrected chi connectivity index (χ3v) is 3.42. The van der Waals surface area contributed by atoms with Crippen LogP contribution in [0.4, 0.5) is 5.69 Å². The van der Waals surface area contributed by atoms with Crippen molar-refractivity contribution < 1.29 is 9.90 Å². The van der Waals surface area contributed by atoms with Crippen LogP contribution >= 0.6 is 12.6 Å². The van der Waals surface area contributed by atoms with E-state index in [1.54, 1.807) is 48.7 Å². The van der Waals surface area contributed by atoms with Gasteiger partial charge in [-0.3, -0.25) is 9.78 Å². The predicted octanol–water partition coefficient (Wildman–Crippen LogP) is 3.48. The van der Waals surface area contributed by atoms with Crippen molar-refractivity contribution in [2.24, 2.45) is 0 Å². The summed E-state index contributed by atoms with van der Waals surface area (Å²) >= 11 is 4.19. The Hall–Kier alpha value is -2.53. The highest BCUT2D eigenvalue weighted by molar-refractivity contribution is 7.80. The van der Waals surface area contributed by atoms with Crippen molar-refractivity contribution in [3.8, 4) is 5.75 Å². The van der Waals surface area contributed by atoms with Crippen molar-refractivity contribution in [2.45, 2.75) is 4.90 Å². The molecule has 1 amide bonds. The van der Waals surface area contributed by atoms with Gasteiger partial charge >= 0.3 is 0 Å². The molecule has 0 fully saturated rings. The van der Waals surface area contributed by atoms with E-state index in [-0.39, 0.29) is 17.2 Å². The van der Waals surface area contributed by atoms with Crippen LogP contribution in [0, 0.1) is 0 Å². The van der Waals surface area contributed by atoms with Gasteiger partial charge in [-0.1, -0.05) is 12.1 Å². The molecule has 2 N–H and O–H groups in total. The molecule has 4 nitrogen and oxygen atoms in total. The highest BCUT2D eigenvalue weighted by Gasteiger charge is 2.14. The van der Waals surface area contributed by atoms with E-state index in [1.165, 1.54) is 0 Å². The molecule has 5 heteroatoms. The molecule has 3 rings (SSSR count). The van der Waals surface area contributed by atoms with Crippen LogP contribution in [0.25, 0.3) is 10.9 Å². The van der Waals surface area contributed by atoms with Gasteiger partial charge in [-0.2, -0.15) is 0 Å². The van der Waals surface area contributed by atoms with E-state index in [4.69, 9.17) is 0 Å². The number of aromatic nitrogens is 1. The van der Waals surface area contributed by atoms with Crippen LogP contribution < -0.4 is 5.32 Å². The highest BCUT2D eigenvalue weighted by Crippen LogP contribution is 2.27. The molecule has 3 aromatic rings. The van der Waals surface area contributed by atoms with Gasteiger partial charge in [0, 0.05) is 22.2 Å². The summed E-state index contributed by atoms with van der Waals surface area (Å²) in [5, 5.41) is 13.7. The number of fused-ring (bicyclic) bond motifs is 1. The third kappa shape index (κ3) is 2.68. The molecule has 0 saturated heterocycles. The number of pyridine rings is 1. The van der Waals surface area contributed by atoms with Crippen LogP contribution in [-0.4, -0.2) is 16.0 Å². The zero-order valence-electron chi connectivity index (χ0n) is 10.9. The van der Waals surface area contributed by atoms with Gasteiger partial charge in [-0.05, 0) is 36.4 Å². The van der Waals surface area contributed by atoms with E-state index in [0.29, 0.717) is 11.2 Å². The first-order valence-electron chi connectivity index (χ1n) is 6.32.